The van der Waals surface area contributed by atoms with E-state index >= 15 is 0 Å². The maximum atomic E-state index is 12.9. The van der Waals surface area contributed by atoms with Crippen LogP contribution in [0.4, 0.5) is 4.39 Å². The number of ketones is 1. The van der Waals surface area contributed by atoms with Gasteiger partial charge in [-0.1, -0.05) is 0 Å². The molecule has 110 valence electrons. The number of hydrogen-bond acceptors (Lipinski definition) is 4. The number of rotatable bonds is 8. The van der Waals surface area contributed by atoms with Gasteiger partial charge in [0.2, 0.25) is 5.78 Å². The maximum absolute atomic E-state index is 12.9. The van der Waals surface area contributed by atoms with E-state index in [1.807, 2.05) is 0 Å². The Bertz CT molecular complexity index is 471. The first-order chi connectivity index (χ1) is 9.54. The van der Waals surface area contributed by atoms with E-state index in [4.69, 9.17) is 4.74 Å². The lowest BCUT2D eigenvalue weighted by molar-refractivity contribution is -0.153. The van der Waals surface area contributed by atoms with Crippen LogP contribution in [0.1, 0.15) is 31.7 Å². The normalized spacial score (nSPS) is 10.2. The number of halogens is 1. The van der Waals surface area contributed by atoms with Gasteiger partial charge in [-0.05, 0) is 50.5 Å². The zero-order chi connectivity index (χ0) is 15.0. The molecule has 0 N–H and O–H groups in total. The lowest BCUT2D eigenvalue weighted by atomic mass is 10.2. The number of carbonyl (C=O) groups excluding carboxylic acids is 2. The van der Waals surface area contributed by atoms with Crippen molar-refractivity contribution in [1.29, 1.82) is 0 Å². The summed E-state index contributed by atoms with van der Waals surface area (Å²) < 4.78 is 23.0. The second-order valence-corrected chi connectivity index (χ2v) is 4.36. The van der Waals surface area contributed by atoms with Crippen molar-refractivity contribution in [2.75, 3.05) is 13.2 Å². The van der Waals surface area contributed by atoms with E-state index in [1.165, 1.54) is 12.1 Å². The van der Waals surface area contributed by atoms with Crippen LogP contribution in [-0.4, -0.2) is 25.0 Å². The number of Topliss-reactive ketones (excluding diaryl/α,β-unsaturated/α-hetero) is 1. The van der Waals surface area contributed by atoms with Crippen LogP contribution in [-0.2, 0) is 14.3 Å². The molecule has 0 aromatic heterocycles. The molecule has 0 atom stereocenters. The summed E-state index contributed by atoms with van der Waals surface area (Å²) in [7, 11) is 0. The van der Waals surface area contributed by atoms with Gasteiger partial charge in [0.25, 0.3) is 0 Å². The number of benzene rings is 1. The maximum Gasteiger partial charge on any atom is 0.374 e. The standard InChI is InChI=1S/C15H19FO4/c1-3-19-15(18)13(17)6-4-5-9-20-14-8-7-12(16)10-11(14)2/h7-8,10H,3-6,9H2,1-2H3. The minimum atomic E-state index is -0.775. The highest BCUT2D eigenvalue weighted by Gasteiger charge is 2.13. The van der Waals surface area contributed by atoms with Gasteiger partial charge in [0, 0.05) is 6.42 Å². The second kappa shape index (κ2) is 8.30. The van der Waals surface area contributed by atoms with Crippen molar-refractivity contribution in [1.82, 2.24) is 0 Å². The molecule has 0 heterocycles. The van der Waals surface area contributed by atoms with Crippen LogP contribution in [0.15, 0.2) is 18.2 Å². The molecule has 20 heavy (non-hydrogen) atoms. The van der Waals surface area contributed by atoms with Gasteiger partial charge in [0.05, 0.1) is 13.2 Å². The molecular formula is C15H19FO4. The third-order valence-corrected chi connectivity index (χ3v) is 2.70. The van der Waals surface area contributed by atoms with E-state index in [9.17, 15) is 14.0 Å². The van der Waals surface area contributed by atoms with Gasteiger partial charge in [0.15, 0.2) is 0 Å². The van der Waals surface area contributed by atoms with E-state index in [-0.39, 0.29) is 18.8 Å². The van der Waals surface area contributed by atoms with E-state index < -0.39 is 11.8 Å². The molecule has 1 rings (SSSR count). The van der Waals surface area contributed by atoms with Crippen molar-refractivity contribution in [2.45, 2.75) is 33.1 Å². The fourth-order valence-electron chi connectivity index (χ4n) is 1.66. The van der Waals surface area contributed by atoms with Gasteiger partial charge < -0.3 is 9.47 Å². The second-order valence-electron chi connectivity index (χ2n) is 4.36. The summed E-state index contributed by atoms with van der Waals surface area (Å²) >= 11 is 0. The minimum Gasteiger partial charge on any atom is -0.493 e. The summed E-state index contributed by atoms with van der Waals surface area (Å²) in [5, 5.41) is 0. The molecule has 0 radical (unpaired) electrons. The first-order valence-corrected chi connectivity index (χ1v) is 6.63. The van der Waals surface area contributed by atoms with Crippen LogP contribution < -0.4 is 4.74 Å². The molecule has 0 aliphatic rings. The molecule has 4 nitrogen and oxygen atoms in total. The summed E-state index contributed by atoms with van der Waals surface area (Å²) in [4.78, 5) is 22.4. The molecule has 0 amide bonds. The van der Waals surface area contributed by atoms with E-state index in [0.717, 1.165) is 5.56 Å². The van der Waals surface area contributed by atoms with Crippen LogP contribution in [0.3, 0.4) is 0 Å². The molecule has 5 heteroatoms. The SMILES string of the molecule is CCOC(=O)C(=O)CCCCOc1ccc(F)cc1C. The molecule has 0 saturated heterocycles. The Morgan fingerprint density at radius 2 is 2.00 bits per heavy atom. The molecule has 1 aromatic rings. The van der Waals surface area contributed by atoms with Gasteiger partial charge in [-0.15, -0.1) is 0 Å². The quantitative estimate of drug-likeness (QED) is 0.418. The zero-order valence-corrected chi connectivity index (χ0v) is 11.8. The summed E-state index contributed by atoms with van der Waals surface area (Å²) in [6, 6.07) is 4.32. The molecule has 0 bridgehead atoms. The smallest absolute Gasteiger partial charge is 0.374 e. The average Bonchev–Trinajstić information content (AvgIpc) is 2.40. The molecule has 0 fully saturated rings. The Balaban J connectivity index is 2.22. The highest BCUT2D eigenvalue weighted by molar-refractivity contribution is 6.33. The highest BCUT2D eigenvalue weighted by atomic mass is 19.1. The van der Waals surface area contributed by atoms with Crippen molar-refractivity contribution in [2.24, 2.45) is 0 Å². The van der Waals surface area contributed by atoms with Crippen LogP contribution in [0, 0.1) is 12.7 Å². The predicted octanol–water partition coefficient (Wildman–Crippen LogP) is 2.82. The fourth-order valence-corrected chi connectivity index (χ4v) is 1.66. The number of unbranched alkanes of at least 4 members (excludes halogenated alkanes) is 1. The fraction of sp³-hybridized carbons (Fsp3) is 0.467. The minimum absolute atomic E-state index is 0.157. The third-order valence-electron chi connectivity index (χ3n) is 2.70. The van der Waals surface area contributed by atoms with Crippen LogP contribution in [0.5, 0.6) is 5.75 Å². The topological polar surface area (TPSA) is 52.6 Å². The largest absolute Gasteiger partial charge is 0.493 e. The van der Waals surface area contributed by atoms with Gasteiger partial charge in [-0.3, -0.25) is 4.79 Å². The summed E-state index contributed by atoms with van der Waals surface area (Å²) in [6.45, 7) is 4.05. The van der Waals surface area contributed by atoms with Crippen molar-refractivity contribution >= 4 is 11.8 Å². The Labute approximate surface area is 117 Å². The van der Waals surface area contributed by atoms with Crippen LogP contribution >= 0.6 is 0 Å². The summed E-state index contributed by atoms with van der Waals surface area (Å²) in [5.74, 6) is -0.953. The molecule has 1 aromatic carbocycles. The first-order valence-electron chi connectivity index (χ1n) is 6.63. The zero-order valence-electron chi connectivity index (χ0n) is 11.8. The van der Waals surface area contributed by atoms with Crippen molar-refractivity contribution in [3.63, 3.8) is 0 Å². The van der Waals surface area contributed by atoms with Crippen molar-refractivity contribution in [3.8, 4) is 5.75 Å². The first kappa shape index (κ1) is 16.1. The Hall–Kier alpha value is -1.91. The third kappa shape index (κ3) is 5.38. The molecular weight excluding hydrogens is 263 g/mol. The van der Waals surface area contributed by atoms with Gasteiger partial charge in [0.1, 0.15) is 11.6 Å². The highest BCUT2D eigenvalue weighted by Crippen LogP contribution is 2.18. The van der Waals surface area contributed by atoms with E-state index in [0.29, 0.717) is 25.2 Å². The molecule has 0 saturated carbocycles. The predicted molar refractivity (Wildman–Crippen MR) is 72.1 cm³/mol. The summed E-state index contributed by atoms with van der Waals surface area (Å²) in [5.41, 5.74) is 0.729. The van der Waals surface area contributed by atoms with Crippen molar-refractivity contribution in [3.05, 3.63) is 29.6 Å². The Morgan fingerprint density at radius 3 is 2.65 bits per heavy atom. The number of carbonyl (C=O) groups is 2. The Morgan fingerprint density at radius 1 is 1.25 bits per heavy atom. The number of esters is 1. The molecule has 0 unspecified atom stereocenters. The van der Waals surface area contributed by atoms with E-state index in [2.05, 4.69) is 4.74 Å². The average molecular weight is 282 g/mol. The van der Waals surface area contributed by atoms with E-state index in [1.54, 1.807) is 19.9 Å². The lowest BCUT2D eigenvalue weighted by Crippen LogP contribution is -2.17. The van der Waals surface area contributed by atoms with Crippen molar-refractivity contribution < 1.29 is 23.5 Å². The molecule has 0 aliphatic carbocycles. The molecule has 0 spiro atoms. The molecule has 0 aliphatic heterocycles. The lowest BCUT2D eigenvalue weighted by Gasteiger charge is -2.08. The van der Waals surface area contributed by atoms with Crippen LogP contribution in [0.2, 0.25) is 0 Å². The summed E-state index contributed by atoms with van der Waals surface area (Å²) in [6.07, 6.45) is 1.35. The van der Waals surface area contributed by atoms with Crippen LogP contribution in [0.25, 0.3) is 0 Å². The number of ether oxygens (including phenoxy) is 2. The monoisotopic (exact) mass is 282 g/mol. The van der Waals surface area contributed by atoms with Gasteiger partial charge >= 0.3 is 5.97 Å². The Kier molecular flexibility index (Phi) is 6.70. The van der Waals surface area contributed by atoms with Gasteiger partial charge in [-0.2, -0.15) is 0 Å². The number of aryl methyl sites for hydroxylation is 1. The van der Waals surface area contributed by atoms with Gasteiger partial charge in [-0.25, -0.2) is 9.18 Å². The number of hydrogen-bond donors (Lipinski definition) is 0.